The second-order valence-electron chi connectivity index (χ2n) is 6.27. The van der Waals surface area contributed by atoms with E-state index in [1.807, 2.05) is 13.0 Å². The third-order valence-electron chi connectivity index (χ3n) is 3.85. The number of sulfonamides is 2. The third kappa shape index (κ3) is 4.13. The van der Waals surface area contributed by atoms with Crippen molar-refractivity contribution in [1.29, 1.82) is 0 Å². The maximum Gasteiger partial charge on any atom is 0.264 e. The highest BCUT2D eigenvalue weighted by Crippen LogP contribution is 2.37. The summed E-state index contributed by atoms with van der Waals surface area (Å²) in [7, 11) is -7.04. The molecule has 0 bridgehead atoms. The van der Waals surface area contributed by atoms with E-state index in [-0.39, 0.29) is 10.9 Å². The van der Waals surface area contributed by atoms with Gasteiger partial charge in [0.25, 0.3) is 10.0 Å². The molecule has 0 unspecified atom stereocenters. The van der Waals surface area contributed by atoms with E-state index in [1.54, 1.807) is 42.5 Å². The standard InChI is InChI=1S/C17H20N2O4S2/c1-13-4-3-5-17(12-13)25(22,23)19(16-10-11-16)15-8-6-14(7-9-15)18-24(2,20)21/h3-9,12,16,18H,10-11H2,1-2H3. The van der Waals surface area contributed by atoms with E-state index in [0.29, 0.717) is 11.4 Å². The van der Waals surface area contributed by atoms with Crippen LogP contribution in [-0.2, 0) is 20.0 Å². The lowest BCUT2D eigenvalue weighted by Crippen LogP contribution is -2.33. The maximum atomic E-state index is 13.1. The van der Waals surface area contributed by atoms with E-state index in [4.69, 9.17) is 0 Å². The number of nitrogens with one attached hydrogen (secondary N) is 1. The zero-order valence-corrected chi connectivity index (χ0v) is 15.6. The molecule has 0 atom stereocenters. The van der Waals surface area contributed by atoms with Crippen molar-refractivity contribution in [3.63, 3.8) is 0 Å². The van der Waals surface area contributed by atoms with Gasteiger partial charge in [0, 0.05) is 11.7 Å². The molecule has 25 heavy (non-hydrogen) atoms. The Morgan fingerprint density at radius 3 is 2.16 bits per heavy atom. The van der Waals surface area contributed by atoms with Gasteiger partial charge in [0.1, 0.15) is 0 Å². The van der Waals surface area contributed by atoms with Crippen molar-refractivity contribution < 1.29 is 16.8 Å². The van der Waals surface area contributed by atoms with Crippen LogP contribution in [0.5, 0.6) is 0 Å². The monoisotopic (exact) mass is 380 g/mol. The first kappa shape index (κ1) is 17.8. The lowest BCUT2D eigenvalue weighted by atomic mass is 10.2. The van der Waals surface area contributed by atoms with E-state index < -0.39 is 20.0 Å². The molecule has 0 spiro atoms. The molecule has 1 fully saturated rings. The molecule has 0 radical (unpaired) electrons. The normalized spacial score (nSPS) is 15.0. The molecular weight excluding hydrogens is 360 g/mol. The average Bonchev–Trinajstić information content (AvgIpc) is 3.32. The summed E-state index contributed by atoms with van der Waals surface area (Å²) in [5, 5.41) is 0. The molecule has 2 aromatic rings. The fourth-order valence-electron chi connectivity index (χ4n) is 2.63. The molecule has 0 aromatic heterocycles. The quantitative estimate of drug-likeness (QED) is 0.835. The molecule has 0 amide bonds. The number of hydrogen-bond donors (Lipinski definition) is 1. The van der Waals surface area contributed by atoms with Crippen LogP contribution in [0.4, 0.5) is 11.4 Å². The molecule has 0 saturated heterocycles. The van der Waals surface area contributed by atoms with E-state index in [9.17, 15) is 16.8 Å². The highest BCUT2D eigenvalue weighted by Gasteiger charge is 2.38. The molecule has 3 rings (SSSR count). The SMILES string of the molecule is Cc1cccc(S(=O)(=O)N(c2ccc(NS(C)(=O)=O)cc2)C2CC2)c1. The Morgan fingerprint density at radius 1 is 1.00 bits per heavy atom. The Labute approximate surface area is 148 Å². The van der Waals surface area contributed by atoms with Crippen LogP contribution in [0, 0.1) is 6.92 Å². The van der Waals surface area contributed by atoms with Gasteiger partial charge < -0.3 is 0 Å². The molecule has 0 heterocycles. The molecule has 2 aromatic carbocycles. The Balaban J connectivity index is 1.97. The first-order valence-electron chi connectivity index (χ1n) is 7.86. The number of nitrogens with zero attached hydrogens (tertiary/aromatic N) is 1. The molecule has 6 nitrogen and oxygen atoms in total. The minimum atomic E-state index is -3.67. The Hall–Kier alpha value is -2.06. The number of aryl methyl sites for hydroxylation is 1. The minimum Gasteiger partial charge on any atom is -0.284 e. The fourth-order valence-corrected chi connectivity index (χ4v) is 5.01. The summed E-state index contributed by atoms with van der Waals surface area (Å²) in [4.78, 5) is 0.262. The van der Waals surface area contributed by atoms with E-state index in [2.05, 4.69) is 4.72 Å². The number of benzene rings is 2. The zero-order valence-electron chi connectivity index (χ0n) is 14.0. The Bertz CT molecular complexity index is 980. The Kier molecular flexibility index (Phi) is 4.51. The minimum absolute atomic E-state index is 0.0563. The van der Waals surface area contributed by atoms with Crippen molar-refractivity contribution in [2.75, 3.05) is 15.3 Å². The van der Waals surface area contributed by atoms with E-state index in [0.717, 1.165) is 24.7 Å². The number of anilines is 2. The van der Waals surface area contributed by atoms with Crippen LogP contribution >= 0.6 is 0 Å². The Morgan fingerprint density at radius 2 is 1.64 bits per heavy atom. The summed E-state index contributed by atoms with van der Waals surface area (Å²) in [6.45, 7) is 1.85. The molecule has 0 aliphatic heterocycles. The van der Waals surface area contributed by atoms with Gasteiger partial charge in [-0.15, -0.1) is 0 Å². The largest absolute Gasteiger partial charge is 0.284 e. The van der Waals surface area contributed by atoms with Crippen LogP contribution in [-0.4, -0.2) is 29.1 Å². The fraction of sp³-hybridized carbons (Fsp3) is 0.294. The van der Waals surface area contributed by atoms with Crippen molar-refractivity contribution in [2.24, 2.45) is 0 Å². The van der Waals surface area contributed by atoms with Crippen molar-refractivity contribution >= 4 is 31.4 Å². The third-order valence-corrected chi connectivity index (χ3v) is 6.33. The first-order chi connectivity index (χ1) is 11.7. The van der Waals surface area contributed by atoms with Gasteiger partial charge in [-0.2, -0.15) is 0 Å². The highest BCUT2D eigenvalue weighted by molar-refractivity contribution is 7.93. The van der Waals surface area contributed by atoms with Gasteiger partial charge in [-0.05, 0) is 61.7 Å². The van der Waals surface area contributed by atoms with Crippen molar-refractivity contribution in [1.82, 2.24) is 0 Å². The second-order valence-corrected chi connectivity index (χ2v) is 9.83. The smallest absolute Gasteiger partial charge is 0.264 e. The lowest BCUT2D eigenvalue weighted by molar-refractivity contribution is 0.590. The zero-order chi connectivity index (χ0) is 18.2. The summed E-state index contributed by atoms with van der Waals surface area (Å²) in [6.07, 6.45) is 2.70. The first-order valence-corrected chi connectivity index (χ1v) is 11.2. The van der Waals surface area contributed by atoms with Gasteiger partial charge in [-0.3, -0.25) is 9.03 Å². The molecule has 1 N–H and O–H groups in total. The van der Waals surface area contributed by atoms with Crippen molar-refractivity contribution in [3.8, 4) is 0 Å². The average molecular weight is 380 g/mol. The maximum absolute atomic E-state index is 13.1. The molecule has 8 heteroatoms. The van der Waals surface area contributed by atoms with Gasteiger partial charge in [0.2, 0.25) is 10.0 Å². The molecule has 1 saturated carbocycles. The predicted molar refractivity (Wildman–Crippen MR) is 98.8 cm³/mol. The van der Waals surface area contributed by atoms with Crippen LogP contribution in [0.2, 0.25) is 0 Å². The van der Waals surface area contributed by atoms with Crippen molar-refractivity contribution in [3.05, 3.63) is 54.1 Å². The van der Waals surface area contributed by atoms with Gasteiger partial charge in [0.05, 0.1) is 16.8 Å². The molecular formula is C17H20N2O4S2. The highest BCUT2D eigenvalue weighted by atomic mass is 32.2. The molecule has 1 aliphatic carbocycles. The lowest BCUT2D eigenvalue weighted by Gasteiger charge is -2.24. The van der Waals surface area contributed by atoms with Gasteiger partial charge in [0.15, 0.2) is 0 Å². The van der Waals surface area contributed by atoms with Gasteiger partial charge in [-0.25, -0.2) is 16.8 Å². The number of hydrogen-bond acceptors (Lipinski definition) is 4. The van der Waals surface area contributed by atoms with Crippen LogP contribution < -0.4 is 9.03 Å². The molecule has 1 aliphatic rings. The predicted octanol–water partition coefficient (Wildman–Crippen LogP) is 2.72. The summed E-state index contributed by atoms with van der Waals surface area (Å²) in [5.41, 5.74) is 1.81. The van der Waals surface area contributed by atoms with E-state index in [1.165, 1.54) is 4.31 Å². The van der Waals surface area contributed by atoms with Gasteiger partial charge >= 0.3 is 0 Å². The summed E-state index contributed by atoms with van der Waals surface area (Å²) >= 11 is 0. The number of rotatable bonds is 6. The topological polar surface area (TPSA) is 83.6 Å². The van der Waals surface area contributed by atoms with Crippen LogP contribution in [0.1, 0.15) is 18.4 Å². The van der Waals surface area contributed by atoms with Crippen LogP contribution in [0.3, 0.4) is 0 Å². The van der Waals surface area contributed by atoms with Crippen LogP contribution in [0.15, 0.2) is 53.4 Å². The molecule has 134 valence electrons. The van der Waals surface area contributed by atoms with Gasteiger partial charge in [-0.1, -0.05) is 12.1 Å². The summed E-state index contributed by atoms with van der Waals surface area (Å²) in [5.74, 6) is 0. The summed E-state index contributed by atoms with van der Waals surface area (Å²) < 4.78 is 52.6. The van der Waals surface area contributed by atoms with Crippen molar-refractivity contribution in [2.45, 2.75) is 30.7 Å². The van der Waals surface area contributed by atoms with E-state index >= 15 is 0 Å². The summed E-state index contributed by atoms with van der Waals surface area (Å²) in [6, 6.07) is 13.2. The van der Waals surface area contributed by atoms with Crippen LogP contribution in [0.25, 0.3) is 0 Å². The second kappa shape index (κ2) is 6.34.